The second kappa shape index (κ2) is 12.6. The topological polar surface area (TPSA) is 68.8 Å². The van der Waals surface area contributed by atoms with Gasteiger partial charge < -0.3 is 20.9 Å². The fourth-order valence-corrected chi connectivity index (χ4v) is 2.83. The largest absolute Gasteiger partial charge is 0.357 e. The van der Waals surface area contributed by atoms with Crippen LogP contribution >= 0.6 is 0 Å². The second-order valence-corrected chi connectivity index (χ2v) is 7.22. The van der Waals surface area contributed by atoms with E-state index >= 15 is 0 Å². The van der Waals surface area contributed by atoms with Gasteiger partial charge in [-0.2, -0.15) is 0 Å². The average Bonchev–Trinajstić information content (AvgIpc) is 2.73. The molecule has 0 fully saturated rings. The lowest BCUT2D eigenvalue weighted by atomic mass is 10.1. The maximum absolute atomic E-state index is 13.7. The van der Waals surface area contributed by atoms with E-state index in [1.54, 1.807) is 18.2 Å². The van der Waals surface area contributed by atoms with Crippen molar-refractivity contribution in [2.45, 2.75) is 19.9 Å². The number of carbonyl (C=O) groups excluding carboxylic acids is 1. The van der Waals surface area contributed by atoms with Crippen LogP contribution in [0.3, 0.4) is 0 Å². The SMILES string of the molecule is CCNC(=NCc1cccc(C(=O)NCCN(C)C)c1)NCCc1ccccc1F. The molecule has 0 aromatic heterocycles. The van der Waals surface area contributed by atoms with Gasteiger partial charge in [0.1, 0.15) is 5.82 Å². The van der Waals surface area contributed by atoms with E-state index in [9.17, 15) is 9.18 Å². The summed E-state index contributed by atoms with van der Waals surface area (Å²) in [6.45, 7) is 5.12. The fraction of sp³-hybridized carbons (Fsp3) is 0.391. The lowest BCUT2D eigenvalue weighted by Crippen LogP contribution is -2.38. The molecule has 30 heavy (non-hydrogen) atoms. The van der Waals surface area contributed by atoms with Crippen LogP contribution in [-0.2, 0) is 13.0 Å². The van der Waals surface area contributed by atoms with Crippen LogP contribution in [-0.4, -0.2) is 57.0 Å². The predicted molar refractivity (Wildman–Crippen MR) is 120 cm³/mol. The van der Waals surface area contributed by atoms with Crippen molar-refractivity contribution < 1.29 is 9.18 Å². The molecule has 0 aliphatic rings. The van der Waals surface area contributed by atoms with Crippen LogP contribution in [0.4, 0.5) is 4.39 Å². The molecule has 0 spiro atoms. The molecule has 0 unspecified atom stereocenters. The summed E-state index contributed by atoms with van der Waals surface area (Å²) in [5, 5.41) is 9.34. The number of likely N-dealkylation sites (N-methyl/N-ethyl adjacent to an activating group) is 1. The van der Waals surface area contributed by atoms with Gasteiger partial charge in [0.25, 0.3) is 5.91 Å². The minimum atomic E-state index is -0.193. The molecule has 2 rings (SSSR count). The van der Waals surface area contributed by atoms with Crippen molar-refractivity contribution >= 4 is 11.9 Å². The molecule has 0 atom stereocenters. The lowest BCUT2D eigenvalue weighted by molar-refractivity contribution is 0.0951. The van der Waals surface area contributed by atoms with E-state index in [0.717, 1.165) is 18.7 Å². The van der Waals surface area contributed by atoms with Crippen molar-refractivity contribution in [3.05, 3.63) is 71.0 Å². The number of guanidine groups is 1. The van der Waals surface area contributed by atoms with Gasteiger partial charge in [-0.25, -0.2) is 9.38 Å². The minimum absolute atomic E-state index is 0.0856. The number of rotatable bonds is 10. The van der Waals surface area contributed by atoms with Gasteiger partial charge in [0.05, 0.1) is 6.54 Å². The third kappa shape index (κ3) is 8.21. The maximum atomic E-state index is 13.7. The van der Waals surface area contributed by atoms with E-state index in [1.807, 2.05) is 50.2 Å². The monoisotopic (exact) mass is 413 g/mol. The van der Waals surface area contributed by atoms with Crippen LogP contribution in [0, 0.1) is 5.82 Å². The first-order valence-electron chi connectivity index (χ1n) is 10.3. The van der Waals surface area contributed by atoms with Gasteiger partial charge in [-0.1, -0.05) is 30.3 Å². The number of aliphatic imine (C=N–C) groups is 1. The molecule has 6 nitrogen and oxygen atoms in total. The number of benzene rings is 2. The van der Waals surface area contributed by atoms with Crippen LogP contribution < -0.4 is 16.0 Å². The van der Waals surface area contributed by atoms with Gasteiger partial charge in [-0.3, -0.25) is 4.79 Å². The van der Waals surface area contributed by atoms with Gasteiger partial charge in [-0.15, -0.1) is 0 Å². The van der Waals surface area contributed by atoms with E-state index in [0.29, 0.717) is 43.1 Å². The number of nitrogens with zero attached hydrogens (tertiary/aromatic N) is 2. The van der Waals surface area contributed by atoms with Crippen molar-refractivity contribution in [2.24, 2.45) is 4.99 Å². The highest BCUT2D eigenvalue weighted by molar-refractivity contribution is 5.94. The third-order valence-corrected chi connectivity index (χ3v) is 4.44. The Bertz CT molecular complexity index is 838. The Balaban J connectivity index is 1.92. The normalized spacial score (nSPS) is 11.4. The van der Waals surface area contributed by atoms with Crippen LogP contribution in [0.25, 0.3) is 0 Å². The Morgan fingerprint density at radius 3 is 2.57 bits per heavy atom. The molecular weight excluding hydrogens is 381 g/mol. The Kier molecular flexibility index (Phi) is 9.80. The van der Waals surface area contributed by atoms with Crippen LogP contribution in [0.1, 0.15) is 28.4 Å². The van der Waals surface area contributed by atoms with Gasteiger partial charge >= 0.3 is 0 Å². The summed E-state index contributed by atoms with van der Waals surface area (Å²) in [7, 11) is 3.94. The van der Waals surface area contributed by atoms with E-state index in [1.165, 1.54) is 6.07 Å². The Hall–Kier alpha value is -2.93. The number of hydrogen-bond donors (Lipinski definition) is 3. The van der Waals surface area contributed by atoms with Crippen molar-refractivity contribution in [3.8, 4) is 0 Å². The van der Waals surface area contributed by atoms with Gasteiger partial charge in [0.15, 0.2) is 5.96 Å². The van der Waals surface area contributed by atoms with E-state index < -0.39 is 0 Å². The number of halogens is 1. The molecule has 0 aliphatic carbocycles. The van der Waals surface area contributed by atoms with Crippen molar-refractivity contribution in [3.63, 3.8) is 0 Å². The molecule has 162 valence electrons. The maximum Gasteiger partial charge on any atom is 0.251 e. The first kappa shape index (κ1) is 23.3. The van der Waals surface area contributed by atoms with E-state index in [2.05, 4.69) is 20.9 Å². The zero-order valence-corrected chi connectivity index (χ0v) is 18.0. The molecular formula is C23H32FN5O. The minimum Gasteiger partial charge on any atom is -0.357 e. The quantitative estimate of drug-likeness (QED) is 0.413. The first-order chi connectivity index (χ1) is 14.5. The summed E-state index contributed by atoms with van der Waals surface area (Å²) in [5.74, 6) is 0.384. The lowest BCUT2D eigenvalue weighted by Gasteiger charge is -2.12. The molecule has 0 aliphatic heterocycles. The molecule has 1 amide bonds. The zero-order chi connectivity index (χ0) is 21.8. The number of carbonyl (C=O) groups is 1. The molecule has 7 heteroatoms. The predicted octanol–water partition coefficient (Wildman–Crippen LogP) is 2.41. The smallest absolute Gasteiger partial charge is 0.251 e. The summed E-state index contributed by atoms with van der Waals surface area (Å²) in [6.07, 6.45) is 0.569. The molecule has 0 saturated heterocycles. The number of nitrogens with one attached hydrogen (secondary N) is 3. The molecule has 2 aromatic carbocycles. The van der Waals surface area contributed by atoms with Crippen molar-refractivity contribution in [1.82, 2.24) is 20.9 Å². The number of hydrogen-bond acceptors (Lipinski definition) is 3. The average molecular weight is 414 g/mol. The molecule has 0 heterocycles. The van der Waals surface area contributed by atoms with Gasteiger partial charge in [-0.05, 0) is 56.8 Å². The van der Waals surface area contributed by atoms with Crippen molar-refractivity contribution in [1.29, 1.82) is 0 Å². The Morgan fingerprint density at radius 1 is 1.03 bits per heavy atom. The van der Waals surface area contributed by atoms with Gasteiger partial charge in [0.2, 0.25) is 0 Å². The molecule has 3 N–H and O–H groups in total. The summed E-state index contributed by atoms with van der Waals surface area (Å²) in [4.78, 5) is 18.9. The summed E-state index contributed by atoms with van der Waals surface area (Å²) >= 11 is 0. The Morgan fingerprint density at radius 2 is 1.83 bits per heavy atom. The van der Waals surface area contributed by atoms with E-state index in [4.69, 9.17) is 0 Å². The highest BCUT2D eigenvalue weighted by Crippen LogP contribution is 2.08. The summed E-state index contributed by atoms with van der Waals surface area (Å²) in [5.41, 5.74) is 2.24. The highest BCUT2D eigenvalue weighted by Gasteiger charge is 2.06. The first-order valence-corrected chi connectivity index (χ1v) is 10.3. The second-order valence-electron chi connectivity index (χ2n) is 7.22. The standard InChI is InChI=1S/C23H32FN5O/c1-4-25-23(27-13-12-19-9-5-6-11-21(19)24)28-17-18-8-7-10-20(16-18)22(30)26-14-15-29(2)3/h5-11,16H,4,12-15,17H2,1-3H3,(H,26,30)(H2,25,27,28). The van der Waals surface area contributed by atoms with Crippen LogP contribution in [0.5, 0.6) is 0 Å². The molecule has 0 bridgehead atoms. The molecule has 2 aromatic rings. The Labute approximate surface area is 178 Å². The van der Waals surface area contributed by atoms with Crippen molar-refractivity contribution in [2.75, 3.05) is 40.3 Å². The summed E-state index contributed by atoms with van der Waals surface area (Å²) in [6, 6.07) is 14.3. The zero-order valence-electron chi connectivity index (χ0n) is 18.0. The van der Waals surface area contributed by atoms with Crippen LogP contribution in [0.2, 0.25) is 0 Å². The van der Waals surface area contributed by atoms with E-state index in [-0.39, 0.29) is 11.7 Å². The summed E-state index contributed by atoms with van der Waals surface area (Å²) < 4.78 is 13.7. The van der Waals surface area contributed by atoms with Gasteiger partial charge in [0, 0.05) is 31.7 Å². The van der Waals surface area contributed by atoms with Crippen LogP contribution in [0.15, 0.2) is 53.5 Å². The molecule has 0 saturated carbocycles. The third-order valence-electron chi connectivity index (χ3n) is 4.44. The molecule has 0 radical (unpaired) electrons. The number of amides is 1. The highest BCUT2D eigenvalue weighted by atomic mass is 19.1. The fourth-order valence-electron chi connectivity index (χ4n) is 2.83.